The number of hydrogen-bond donors (Lipinski definition) is 1. The van der Waals surface area contributed by atoms with E-state index in [-0.39, 0.29) is 5.95 Å². The van der Waals surface area contributed by atoms with E-state index in [4.69, 9.17) is 5.73 Å². The van der Waals surface area contributed by atoms with Gasteiger partial charge in [-0.3, -0.25) is 0 Å². The summed E-state index contributed by atoms with van der Waals surface area (Å²) in [6, 6.07) is 5.90. The van der Waals surface area contributed by atoms with Crippen LogP contribution in [0.25, 0.3) is 0 Å². The topological polar surface area (TPSA) is 85.2 Å². The molecule has 0 radical (unpaired) electrons. The summed E-state index contributed by atoms with van der Waals surface area (Å²) < 4.78 is 0.987. The normalized spacial score (nSPS) is 11.1. The molecule has 1 heterocycles. The highest BCUT2D eigenvalue weighted by molar-refractivity contribution is 9.10. The van der Waals surface area contributed by atoms with Crippen LogP contribution in [-0.4, -0.2) is 40.6 Å². The highest BCUT2D eigenvalue weighted by Gasteiger charge is 2.02. The van der Waals surface area contributed by atoms with E-state index in [1.165, 1.54) is 0 Å². The lowest BCUT2D eigenvalue weighted by Gasteiger charge is -2.14. The molecule has 0 amide bonds. The molecule has 0 fully saturated rings. The van der Waals surface area contributed by atoms with Gasteiger partial charge in [0, 0.05) is 18.6 Å². The first-order valence-corrected chi connectivity index (χ1v) is 5.92. The zero-order valence-corrected chi connectivity index (χ0v) is 11.5. The van der Waals surface area contributed by atoms with Crippen LogP contribution in [0.3, 0.4) is 0 Å². The molecule has 0 aliphatic rings. The van der Waals surface area contributed by atoms with Gasteiger partial charge >= 0.3 is 0 Å². The zero-order chi connectivity index (χ0) is 13.1. The average Bonchev–Trinajstić information content (AvgIpc) is 2.72. The van der Waals surface area contributed by atoms with Crippen molar-refractivity contribution >= 4 is 33.8 Å². The van der Waals surface area contributed by atoms with Crippen LogP contribution < -0.4 is 10.6 Å². The standard InChI is InChI=1S/C10H12BrN7/c1-17(2)9-4-3-7(5-8(9)11)6-13-18-10(12)14-15-16-18/h3-6H,1-2H3,(H2,12,14,16)/b13-6-. The summed E-state index contributed by atoms with van der Waals surface area (Å²) >= 11 is 3.51. The molecule has 0 atom stereocenters. The number of hydrogen-bond acceptors (Lipinski definition) is 6. The Morgan fingerprint density at radius 1 is 1.44 bits per heavy atom. The maximum absolute atomic E-state index is 5.50. The van der Waals surface area contributed by atoms with Crippen molar-refractivity contribution in [2.45, 2.75) is 0 Å². The van der Waals surface area contributed by atoms with Crippen molar-refractivity contribution in [3.05, 3.63) is 28.2 Å². The Bertz CT molecular complexity index is 575. The molecule has 2 aromatic rings. The van der Waals surface area contributed by atoms with Gasteiger partial charge in [-0.15, -0.1) is 0 Å². The first-order valence-electron chi connectivity index (χ1n) is 5.13. The third kappa shape index (κ3) is 2.65. The van der Waals surface area contributed by atoms with E-state index in [1.54, 1.807) is 6.21 Å². The van der Waals surface area contributed by atoms with E-state index >= 15 is 0 Å². The van der Waals surface area contributed by atoms with Gasteiger partial charge in [-0.1, -0.05) is 16.0 Å². The largest absolute Gasteiger partial charge is 0.377 e. The van der Waals surface area contributed by atoms with Crippen LogP contribution in [0.4, 0.5) is 11.6 Å². The van der Waals surface area contributed by atoms with Gasteiger partial charge in [0.25, 0.3) is 5.95 Å². The molecule has 0 spiro atoms. The van der Waals surface area contributed by atoms with Crippen LogP contribution in [0.2, 0.25) is 0 Å². The SMILES string of the molecule is CN(C)c1ccc(/C=N\n2nnnc2N)cc1Br. The van der Waals surface area contributed by atoms with E-state index < -0.39 is 0 Å². The number of anilines is 2. The number of nitrogens with zero attached hydrogens (tertiary/aromatic N) is 6. The Morgan fingerprint density at radius 2 is 2.22 bits per heavy atom. The summed E-state index contributed by atoms with van der Waals surface area (Å²) in [5, 5.41) is 14.6. The molecule has 94 valence electrons. The van der Waals surface area contributed by atoms with Crippen LogP contribution in [0.15, 0.2) is 27.8 Å². The number of aromatic nitrogens is 4. The summed E-state index contributed by atoms with van der Waals surface area (Å²) in [7, 11) is 3.96. The van der Waals surface area contributed by atoms with Gasteiger partial charge < -0.3 is 10.6 Å². The Morgan fingerprint density at radius 3 is 2.78 bits per heavy atom. The van der Waals surface area contributed by atoms with Gasteiger partial charge in [-0.2, -0.15) is 5.10 Å². The molecule has 0 saturated heterocycles. The molecule has 0 saturated carbocycles. The zero-order valence-electron chi connectivity index (χ0n) is 9.95. The van der Waals surface area contributed by atoms with E-state index in [0.29, 0.717) is 0 Å². The van der Waals surface area contributed by atoms with Gasteiger partial charge in [0.2, 0.25) is 0 Å². The number of rotatable bonds is 3. The van der Waals surface area contributed by atoms with Crippen molar-refractivity contribution in [1.82, 2.24) is 20.3 Å². The fourth-order valence-corrected chi connectivity index (χ4v) is 2.11. The van der Waals surface area contributed by atoms with Crippen LogP contribution in [0.1, 0.15) is 5.56 Å². The molecule has 0 aliphatic heterocycles. The second-order valence-electron chi connectivity index (χ2n) is 3.78. The summed E-state index contributed by atoms with van der Waals surface area (Å²) in [6.45, 7) is 0. The Kier molecular flexibility index (Phi) is 3.56. The van der Waals surface area contributed by atoms with Gasteiger partial charge in [-0.05, 0) is 44.1 Å². The summed E-state index contributed by atoms with van der Waals surface area (Å²) in [5.41, 5.74) is 7.51. The van der Waals surface area contributed by atoms with Crippen molar-refractivity contribution < 1.29 is 0 Å². The van der Waals surface area contributed by atoms with E-state index in [1.807, 2.05) is 37.2 Å². The minimum absolute atomic E-state index is 0.148. The third-order valence-electron chi connectivity index (χ3n) is 2.25. The molecule has 2 rings (SSSR count). The third-order valence-corrected chi connectivity index (χ3v) is 2.88. The fourth-order valence-electron chi connectivity index (χ4n) is 1.36. The molecule has 8 heteroatoms. The van der Waals surface area contributed by atoms with Crippen molar-refractivity contribution in [2.24, 2.45) is 5.10 Å². The summed E-state index contributed by atoms with van der Waals surface area (Å²) in [4.78, 5) is 3.18. The lowest BCUT2D eigenvalue weighted by Crippen LogP contribution is -2.09. The second-order valence-corrected chi connectivity index (χ2v) is 4.63. The van der Waals surface area contributed by atoms with Crippen LogP contribution in [-0.2, 0) is 0 Å². The van der Waals surface area contributed by atoms with Crippen molar-refractivity contribution in [2.75, 3.05) is 24.7 Å². The van der Waals surface area contributed by atoms with E-state index in [2.05, 4.69) is 36.6 Å². The minimum atomic E-state index is 0.148. The van der Waals surface area contributed by atoms with Gasteiger partial charge in [0.1, 0.15) is 0 Å². The molecule has 18 heavy (non-hydrogen) atoms. The monoisotopic (exact) mass is 309 g/mol. The highest BCUT2D eigenvalue weighted by Crippen LogP contribution is 2.25. The van der Waals surface area contributed by atoms with Gasteiger partial charge in [-0.25, -0.2) is 0 Å². The van der Waals surface area contributed by atoms with Gasteiger partial charge in [0.15, 0.2) is 0 Å². The quantitative estimate of drug-likeness (QED) is 0.854. The highest BCUT2D eigenvalue weighted by atomic mass is 79.9. The van der Waals surface area contributed by atoms with Crippen LogP contribution >= 0.6 is 15.9 Å². The minimum Gasteiger partial charge on any atom is -0.377 e. The molecular formula is C10H12BrN7. The maximum Gasteiger partial charge on any atom is 0.263 e. The summed E-state index contributed by atoms with van der Waals surface area (Å²) in [5.74, 6) is 0.148. The average molecular weight is 310 g/mol. The molecule has 7 nitrogen and oxygen atoms in total. The summed E-state index contributed by atoms with van der Waals surface area (Å²) in [6.07, 6.45) is 1.64. The van der Waals surface area contributed by atoms with Crippen molar-refractivity contribution in [3.63, 3.8) is 0 Å². The maximum atomic E-state index is 5.50. The number of nitrogens with two attached hydrogens (primary N) is 1. The molecular weight excluding hydrogens is 298 g/mol. The van der Waals surface area contributed by atoms with Crippen molar-refractivity contribution in [1.29, 1.82) is 0 Å². The Balaban J connectivity index is 2.23. The number of benzene rings is 1. The molecule has 1 aromatic heterocycles. The lowest BCUT2D eigenvalue weighted by atomic mass is 10.2. The lowest BCUT2D eigenvalue weighted by molar-refractivity contribution is 0.699. The number of halogens is 1. The van der Waals surface area contributed by atoms with E-state index in [9.17, 15) is 0 Å². The molecule has 0 aliphatic carbocycles. The predicted molar refractivity (Wildman–Crippen MR) is 73.7 cm³/mol. The Hall–Kier alpha value is -1.96. The van der Waals surface area contributed by atoms with Gasteiger partial charge in [0.05, 0.1) is 11.9 Å². The van der Waals surface area contributed by atoms with Crippen LogP contribution in [0.5, 0.6) is 0 Å². The molecule has 1 aromatic carbocycles. The van der Waals surface area contributed by atoms with E-state index in [0.717, 1.165) is 20.5 Å². The van der Waals surface area contributed by atoms with Crippen molar-refractivity contribution in [3.8, 4) is 0 Å². The number of tetrazole rings is 1. The predicted octanol–water partition coefficient (Wildman–Crippen LogP) is 0.966. The smallest absolute Gasteiger partial charge is 0.263 e. The first kappa shape index (κ1) is 12.5. The van der Waals surface area contributed by atoms with Crippen LogP contribution in [0, 0.1) is 0 Å². The molecule has 0 bridgehead atoms. The molecule has 0 unspecified atom stereocenters. The Labute approximate surface area is 112 Å². The second kappa shape index (κ2) is 5.13. The number of nitrogen functional groups attached to an aromatic ring is 1. The fraction of sp³-hybridized carbons (Fsp3) is 0.200. The molecule has 2 N–H and O–H groups in total. The first-order chi connectivity index (χ1) is 8.58.